The van der Waals surface area contributed by atoms with Gasteiger partial charge in [0.05, 0.1) is 10.7 Å². The van der Waals surface area contributed by atoms with E-state index in [0.717, 1.165) is 36.8 Å². The van der Waals surface area contributed by atoms with Crippen molar-refractivity contribution in [3.05, 3.63) is 71.6 Å². The number of amides is 1. The van der Waals surface area contributed by atoms with E-state index in [9.17, 15) is 4.79 Å². The number of hydrogen-bond acceptors (Lipinski definition) is 4. The molecular formula is C20H20ClN5O. The van der Waals surface area contributed by atoms with E-state index < -0.39 is 0 Å². The highest BCUT2D eigenvalue weighted by atomic mass is 35.5. The minimum atomic E-state index is 0.0202. The summed E-state index contributed by atoms with van der Waals surface area (Å²) in [6.45, 7) is 3.01. The standard InChI is InChI=1S/C20H20ClN5O/c21-17-5-1-2-6-18(17)24-10-4-11-25(14-13-24)20(27)16-7-9-22-19(15-16)26-12-3-8-23-26/h1-3,5-9,12,15H,4,10-11,13-14H2. The molecule has 0 N–H and O–H groups in total. The third-order valence-corrected chi connectivity index (χ3v) is 5.03. The predicted molar refractivity (Wildman–Crippen MR) is 106 cm³/mol. The molecule has 2 aromatic heterocycles. The molecule has 3 aromatic rings. The fraction of sp³-hybridized carbons (Fsp3) is 0.250. The lowest BCUT2D eigenvalue weighted by molar-refractivity contribution is 0.0767. The smallest absolute Gasteiger partial charge is 0.254 e. The molecule has 3 heterocycles. The number of anilines is 1. The monoisotopic (exact) mass is 381 g/mol. The maximum Gasteiger partial charge on any atom is 0.254 e. The molecule has 1 aromatic carbocycles. The van der Waals surface area contributed by atoms with E-state index in [1.165, 1.54) is 0 Å². The van der Waals surface area contributed by atoms with E-state index in [0.29, 0.717) is 17.9 Å². The van der Waals surface area contributed by atoms with E-state index in [4.69, 9.17) is 11.6 Å². The molecule has 0 radical (unpaired) electrons. The zero-order valence-electron chi connectivity index (χ0n) is 14.8. The molecule has 1 amide bonds. The van der Waals surface area contributed by atoms with Crippen molar-refractivity contribution in [2.24, 2.45) is 0 Å². The van der Waals surface area contributed by atoms with Gasteiger partial charge in [-0.25, -0.2) is 9.67 Å². The number of carbonyl (C=O) groups excluding carboxylic acids is 1. The fourth-order valence-corrected chi connectivity index (χ4v) is 3.59. The van der Waals surface area contributed by atoms with Crippen LogP contribution >= 0.6 is 11.6 Å². The molecule has 1 aliphatic heterocycles. The summed E-state index contributed by atoms with van der Waals surface area (Å²) in [5, 5.41) is 4.92. The number of para-hydroxylation sites is 1. The van der Waals surface area contributed by atoms with Crippen molar-refractivity contribution in [2.45, 2.75) is 6.42 Å². The normalized spacial score (nSPS) is 14.9. The molecule has 0 saturated carbocycles. The lowest BCUT2D eigenvalue weighted by Gasteiger charge is -2.24. The van der Waals surface area contributed by atoms with Gasteiger partial charge in [0.25, 0.3) is 5.91 Å². The number of aromatic nitrogens is 3. The van der Waals surface area contributed by atoms with Gasteiger partial charge < -0.3 is 9.80 Å². The third kappa shape index (κ3) is 3.80. The van der Waals surface area contributed by atoms with Crippen molar-refractivity contribution in [1.82, 2.24) is 19.7 Å². The number of pyridine rings is 1. The van der Waals surface area contributed by atoms with Crippen LogP contribution < -0.4 is 4.90 Å². The number of carbonyl (C=O) groups is 1. The molecule has 0 bridgehead atoms. The van der Waals surface area contributed by atoms with Crippen LogP contribution in [0.4, 0.5) is 5.69 Å². The summed E-state index contributed by atoms with van der Waals surface area (Å²) in [7, 11) is 0. The molecule has 1 saturated heterocycles. The Morgan fingerprint density at radius 1 is 1.00 bits per heavy atom. The SMILES string of the molecule is O=C(c1ccnc(-n2cccn2)c1)N1CCCN(c2ccccc2Cl)CC1. The molecule has 27 heavy (non-hydrogen) atoms. The fourth-order valence-electron chi connectivity index (χ4n) is 3.33. The highest BCUT2D eigenvalue weighted by Gasteiger charge is 2.21. The van der Waals surface area contributed by atoms with Crippen molar-refractivity contribution >= 4 is 23.2 Å². The van der Waals surface area contributed by atoms with E-state index in [1.807, 2.05) is 41.4 Å². The molecule has 0 unspecified atom stereocenters. The summed E-state index contributed by atoms with van der Waals surface area (Å²) in [6.07, 6.45) is 6.05. The zero-order chi connectivity index (χ0) is 18.6. The van der Waals surface area contributed by atoms with Gasteiger partial charge in [0, 0.05) is 50.3 Å². The minimum Gasteiger partial charge on any atom is -0.368 e. The molecule has 6 nitrogen and oxygen atoms in total. The summed E-state index contributed by atoms with van der Waals surface area (Å²) in [5.74, 6) is 0.658. The first-order chi connectivity index (χ1) is 13.2. The van der Waals surface area contributed by atoms with Crippen LogP contribution in [0.15, 0.2) is 61.1 Å². The largest absolute Gasteiger partial charge is 0.368 e. The Hall–Kier alpha value is -2.86. The van der Waals surface area contributed by atoms with Crippen molar-refractivity contribution in [3.63, 3.8) is 0 Å². The molecular weight excluding hydrogens is 362 g/mol. The van der Waals surface area contributed by atoms with E-state index in [-0.39, 0.29) is 5.91 Å². The lowest BCUT2D eigenvalue weighted by Crippen LogP contribution is -2.35. The van der Waals surface area contributed by atoms with Crippen molar-refractivity contribution in [3.8, 4) is 5.82 Å². The maximum atomic E-state index is 13.0. The van der Waals surface area contributed by atoms with Gasteiger partial charge in [0.15, 0.2) is 5.82 Å². The summed E-state index contributed by atoms with van der Waals surface area (Å²) >= 11 is 6.33. The van der Waals surface area contributed by atoms with Crippen LogP contribution in [0.5, 0.6) is 0 Å². The zero-order valence-corrected chi connectivity index (χ0v) is 15.6. The minimum absolute atomic E-state index is 0.0202. The van der Waals surface area contributed by atoms with E-state index >= 15 is 0 Å². The molecule has 1 fully saturated rings. The van der Waals surface area contributed by atoms with Gasteiger partial charge in [-0.2, -0.15) is 5.10 Å². The molecule has 4 rings (SSSR count). The van der Waals surface area contributed by atoms with Crippen molar-refractivity contribution in [2.75, 3.05) is 31.1 Å². The van der Waals surface area contributed by atoms with E-state index in [2.05, 4.69) is 15.0 Å². The first-order valence-electron chi connectivity index (χ1n) is 8.97. The molecule has 7 heteroatoms. The van der Waals surface area contributed by atoms with Crippen LogP contribution in [0.25, 0.3) is 5.82 Å². The number of nitrogens with zero attached hydrogens (tertiary/aromatic N) is 5. The Bertz CT molecular complexity index is 928. The Balaban J connectivity index is 1.49. The molecule has 0 atom stereocenters. The summed E-state index contributed by atoms with van der Waals surface area (Å²) in [6, 6.07) is 13.2. The topological polar surface area (TPSA) is 54.3 Å². The average Bonchev–Trinajstić information content (AvgIpc) is 3.13. The highest BCUT2D eigenvalue weighted by molar-refractivity contribution is 6.33. The summed E-state index contributed by atoms with van der Waals surface area (Å²) < 4.78 is 1.65. The Morgan fingerprint density at radius 3 is 2.70 bits per heavy atom. The molecule has 138 valence electrons. The number of rotatable bonds is 3. The van der Waals surface area contributed by atoms with Gasteiger partial charge in [-0.1, -0.05) is 23.7 Å². The molecule has 0 aliphatic carbocycles. The quantitative estimate of drug-likeness (QED) is 0.698. The maximum absolute atomic E-state index is 13.0. The van der Waals surface area contributed by atoms with Crippen LogP contribution in [-0.4, -0.2) is 51.8 Å². The van der Waals surface area contributed by atoms with Gasteiger partial charge in [-0.3, -0.25) is 4.79 Å². The number of benzene rings is 1. The second-order valence-corrected chi connectivity index (χ2v) is 6.84. The summed E-state index contributed by atoms with van der Waals surface area (Å²) in [4.78, 5) is 21.5. The number of halogens is 1. The summed E-state index contributed by atoms with van der Waals surface area (Å²) in [5.41, 5.74) is 1.65. The van der Waals surface area contributed by atoms with Gasteiger partial charge in [-0.15, -0.1) is 0 Å². The van der Waals surface area contributed by atoms with Crippen LogP contribution in [0, 0.1) is 0 Å². The first-order valence-corrected chi connectivity index (χ1v) is 9.35. The highest BCUT2D eigenvalue weighted by Crippen LogP contribution is 2.26. The van der Waals surface area contributed by atoms with Crippen molar-refractivity contribution < 1.29 is 4.79 Å². The number of hydrogen-bond donors (Lipinski definition) is 0. The average molecular weight is 382 g/mol. The Kier molecular flexibility index (Phi) is 5.07. The third-order valence-electron chi connectivity index (χ3n) is 4.71. The Morgan fingerprint density at radius 2 is 1.89 bits per heavy atom. The van der Waals surface area contributed by atoms with Crippen LogP contribution in [-0.2, 0) is 0 Å². The molecule has 0 spiro atoms. The predicted octanol–water partition coefficient (Wildman–Crippen LogP) is 3.27. The van der Waals surface area contributed by atoms with Crippen LogP contribution in [0.1, 0.15) is 16.8 Å². The second kappa shape index (κ2) is 7.80. The Labute approximate surface area is 163 Å². The van der Waals surface area contributed by atoms with Gasteiger partial charge >= 0.3 is 0 Å². The van der Waals surface area contributed by atoms with Gasteiger partial charge in [0.1, 0.15) is 0 Å². The van der Waals surface area contributed by atoms with E-state index in [1.54, 1.807) is 29.2 Å². The molecule has 1 aliphatic rings. The second-order valence-electron chi connectivity index (χ2n) is 6.44. The lowest BCUT2D eigenvalue weighted by atomic mass is 10.2. The van der Waals surface area contributed by atoms with Crippen LogP contribution in [0.2, 0.25) is 5.02 Å². The van der Waals surface area contributed by atoms with Gasteiger partial charge in [-0.05, 0) is 36.8 Å². The van der Waals surface area contributed by atoms with Crippen LogP contribution in [0.3, 0.4) is 0 Å². The van der Waals surface area contributed by atoms with Crippen molar-refractivity contribution in [1.29, 1.82) is 0 Å². The first kappa shape index (κ1) is 17.5. The van der Waals surface area contributed by atoms with Gasteiger partial charge in [0.2, 0.25) is 0 Å².